The second-order valence-corrected chi connectivity index (χ2v) is 3.75. The minimum Gasteiger partial charge on any atom is -0.428 e. The number of nitrogens with one attached hydrogen (secondary N) is 1. The van der Waals surface area contributed by atoms with Crippen LogP contribution in [0.2, 0.25) is 0 Å². The molecule has 1 N–H and O–H groups in total. The molecule has 0 aliphatic heterocycles. The van der Waals surface area contributed by atoms with Crippen molar-refractivity contribution in [1.82, 2.24) is 4.98 Å². The van der Waals surface area contributed by atoms with Gasteiger partial charge in [0.25, 0.3) is 4.84 Å². The molecule has 1 aromatic carbocycles. The number of aryl methyl sites for hydroxylation is 1. The molecular weight excluding hydrogens is 238 g/mol. The first kappa shape index (κ1) is 8.01. The highest BCUT2D eigenvalue weighted by atomic mass is 79.9. The smallest absolute Gasteiger partial charge is 0.266 e. The van der Waals surface area contributed by atoms with Crippen LogP contribution in [0.25, 0.3) is 11.1 Å². The Kier molecular flexibility index (Phi) is 1.81. The quantitative estimate of drug-likeness (QED) is 0.718. The van der Waals surface area contributed by atoms with Gasteiger partial charge in [-0.3, -0.25) is 0 Å². The van der Waals surface area contributed by atoms with E-state index in [0.717, 1.165) is 21.1 Å². The van der Waals surface area contributed by atoms with Crippen LogP contribution in [0.15, 0.2) is 21.0 Å². The van der Waals surface area contributed by atoms with Crippen LogP contribution in [0.4, 0.5) is 0 Å². The molecule has 1 aromatic heterocycles. The first-order valence-corrected chi connectivity index (χ1v) is 4.66. The van der Waals surface area contributed by atoms with Gasteiger partial charge in [0.15, 0.2) is 5.58 Å². The number of fused-ring (bicyclic) bond motifs is 1. The Balaban J connectivity index is 2.99. The predicted molar refractivity (Wildman–Crippen MR) is 53.8 cm³/mol. The lowest BCUT2D eigenvalue weighted by molar-refractivity contribution is 0.581. The van der Waals surface area contributed by atoms with Gasteiger partial charge in [-0.2, -0.15) is 0 Å². The highest BCUT2D eigenvalue weighted by molar-refractivity contribution is 9.10. The van der Waals surface area contributed by atoms with Crippen LogP contribution in [0.3, 0.4) is 0 Å². The van der Waals surface area contributed by atoms with Gasteiger partial charge in [-0.1, -0.05) is 6.07 Å². The van der Waals surface area contributed by atoms with Gasteiger partial charge in [-0.25, -0.2) is 0 Å². The molecule has 0 fully saturated rings. The van der Waals surface area contributed by atoms with Crippen molar-refractivity contribution < 1.29 is 4.42 Å². The Morgan fingerprint density at radius 3 is 3.00 bits per heavy atom. The van der Waals surface area contributed by atoms with Crippen molar-refractivity contribution in [3.63, 3.8) is 0 Å². The van der Waals surface area contributed by atoms with E-state index in [-0.39, 0.29) is 0 Å². The van der Waals surface area contributed by atoms with Crippen LogP contribution in [0.5, 0.6) is 0 Å². The van der Waals surface area contributed by atoms with Gasteiger partial charge in [-0.15, -0.1) is 0 Å². The second-order valence-electron chi connectivity index (χ2n) is 2.59. The average molecular weight is 244 g/mol. The Morgan fingerprint density at radius 2 is 2.25 bits per heavy atom. The molecule has 0 saturated heterocycles. The van der Waals surface area contributed by atoms with Gasteiger partial charge in [0.05, 0.1) is 9.99 Å². The maximum Gasteiger partial charge on any atom is 0.266 e. The zero-order chi connectivity index (χ0) is 8.72. The summed E-state index contributed by atoms with van der Waals surface area (Å²) < 4.78 is 6.26. The molecule has 0 radical (unpaired) electrons. The minimum absolute atomic E-state index is 0.413. The summed E-state index contributed by atoms with van der Waals surface area (Å²) in [6.07, 6.45) is 0. The fourth-order valence-electron chi connectivity index (χ4n) is 1.08. The number of benzene rings is 1. The zero-order valence-electron chi connectivity index (χ0n) is 6.35. The van der Waals surface area contributed by atoms with E-state index in [1.807, 2.05) is 19.1 Å². The van der Waals surface area contributed by atoms with Crippen LogP contribution in [0.1, 0.15) is 5.56 Å². The van der Waals surface area contributed by atoms with E-state index in [1.54, 1.807) is 0 Å². The van der Waals surface area contributed by atoms with Gasteiger partial charge in [0.1, 0.15) is 0 Å². The lowest BCUT2D eigenvalue weighted by Gasteiger charge is -1.95. The number of hydrogen-bond acceptors (Lipinski definition) is 2. The van der Waals surface area contributed by atoms with Crippen LogP contribution < -0.4 is 0 Å². The molecule has 0 aliphatic rings. The number of halogens is 1. The summed E-state index contributed by atoms with van der Waals surface area (Å²) in [4.78, 5) is 3.36. The topological polar surface area (TPSA) is 28.9 Å². The molecule has 2 aromatic rings. The summed E-state index contributed by atoms with van der Waals surface area (Å²) >= 11 is 8.31. The largest absolute Gasteiger partial charge is 0.428 e. The zero-order valence-corrected chi connectivity index (χ0v) is 8.75. The number of hydrogen-bond donors (Lipinski definition) is 1. The third kappa shape index (κ3) is 1.11. The summed E-state index contributed by atoms with van der Waals surface area (Å²) in [7, 11) is 0. The van der Waals surface area contributed by atoms with Gasteiger partial charge >= 0.3 is 0 Å². The van der Waals surface area contributed by atoms with Crippen molar-refractivity contribution in [2.24, 2.45) is 0 Å². The molecule has 0 spiro atoms. The molecule has 0 unspecified atom stereocenters. The molecule has 0 bridgehead atoms. The predicted octanol–water partition coefficient (Wildman–Crippen LogP) is 3.56. The Morgan fingerprint density at radius 1 is 1.50 bits per heavy atom. The Labute approximate surface area is 82.7 Å². The fourth-order valence-corrected chi connectivity index (χ4v) is 1.70. The van der Waals surface area contributed by atoms with Crippen molar-refractivity contribution in [3.8, 4) is 0 Å². The van der Waals surface area contributed by atoms with Gasteiger partial charge in [0.2, 0.25) is 0 Å². The van der Waals surface area contributed by atoms with Crippen molar-refractivity contribution in [2.75, 3.05) is 0 Å². The van der Waals surface area contributed by atoms with Gasteiger partial charge in [-0.05, 0) is 46.7 Å². The molecule has 62 valence electrons. The molecular formula is C8H6BrNOS. The number of oxazole rings is 1. The summed E-state index contributed by atoms with van der Waals surface area (Å²) in [6, 6.07) is 3.96. The van der Waals surface area contributed by atoms with E-state index < -0.39 is 0 Å². The van der Waals surface area contributed by atoms with Crippen molar-refractivity contribution in [1.29, 1.82) is 0 Å². The molecule has 0 atom stereocenters. The third-order valence-electron chi connectivity index (χ3n) is 1.72. The van der Waals surface area contributed by atoms with Crippen LogP contribution in [-0.2, 0) is 0 Å². The van der Waals surface area contributed by atoms with Crippen molar-refractivity contribution in [2.45, 2.75) is 6.92 Å². The molecule has 0 amide bonds. The first-order valence-electron chi connectivity index (χ1n) is 3.46. The molecule has 12 heavy (non-hydrogen) atoms. The van der Waals surface area contributed by atoms with E-state index >= 15 is 0 Å². The number of rotatable bonds is 0. The fraction of sp³-hybridized carbons (Fsp3) is 0.125. The third-order valence-corrected chi connectivity index (χ3v) is 2.89. The Hall–Kier alpha value is -0.610. The van der Waals surface area contributed by atoms with E-state index in [4.69, 9.17) is 16.6 Å². The standard InChI is InChI=1S/C8H6BrNOS/c1-4-2-3-5-7(6(4)9)11-8(12)10-5/h2-3H,1H3,(H,10,12). The molecule has 2 rings (SSSR count). The number of aromatic amines is 1. The summed E-state index contributed by atoms with van der Waals surface area (Å²) in [5.74, 6) is 0. The monoisotopic (exact) mass is 243 g/mol. The Bertz CT molecular complexity index is 485. The molecule has 0 saturated carbocycles. The molecule has 4 heteroatoms. The maximum absolute atomic E-state index is 5.29. The first-order chi connectivity index (χ1) is 5.68. The van der Waals surface area contributed by atoms with Crippen LogP contribution >= 0.6 is 28.1 Å². The minimum atomic E-state index is 0.413. The average Bonchev–Trinajstić information content (AvgIpc) is 2.39. The van der Waals surface area contributed by atoms with Gasteiger partial charge < -0.3 is 9.40 Å². The lowest BCUT2D eigenvalue weighted by atomic mass is 10.2. The highest BCUT2D eigenvalue weighted by Crippen LogP contribution is 2.26. The SMILES string of the molecule is Cc1ccc2[nH]c(=S)oc2c1Br. The number of aromatic nitrogens is 1. The van der Waals surface area contributed by atoms with E-state index in [1.165, 1.54) is 0 Å². The maximum atomic E-state index is 5.29. The summed E-state index contributed by atoms with van der Waals surface area (Å²) in [5.41, 5.74) is 2.86. The molecule has 0 aliphatic carbocycles. The second kappa shape index (κ2) is 2.71. The van der Waals surface area contributed by atoms with Crippen LogP contribution in [-0.4, -0.2) is 4.98 Å². The molecule has 2 nitrogen and oxygen atoms in total. The van der Waals surface area contributed by atoms with E-state index in [9.17, 15) is 0 Å². The van der Waals surface area contributed by atoms with Crippen LogP contribution in [0, 0.1) is 11.8 Å². The summed E-state index contributed by atoms with van der Waals surface area (Å²) in [5, 5.41) is 0. The lowest BCUT2D eigenvalue weighted by Crippen LogP contribution is -1.75. The van der Waals surface area contributed by atoms with Gasteiger partial charge in [0, 0.05) is 0 Å². The molecule has 1 heterocycles. The highest BCUT2D eigenvalue weighted by Gasteiger charge is 2.04. The number of H-pyrrole nitrogens is 1. The summed E-state index contributed by atoms with van der Waals surface area (Å²) in [6.45, 7) is 2.01. The van der Waals surface area contributed by atoms with Crippen molar-refractivity contribution >= 4 is 39.2 Å². The van der Waals surface area contributed by atoms with E-state index in [2.05, 4.69) is 20.9 Å². The normalized spacial score (nSPS) is 10.8. The van der Waals surface area contributed by atoms with Crippen molar-refractivity contribution in [3.05, 3.63) is 27.0 Å². The van der Waals surface area contributed by atoms with E-state index in [0.29, 0.717) is 4.84 Å².